The molecule has 0 radical (unpaired) electrons. The highest BCUT2D eigenvalue weighted by molar-refractivity contribution is 8.14. The number of nitrogens with zero attached hydrogens (tertiary/aromatic N) is 1. The molecule has 0 bridgehead atoms. The summed E-state index contributed by atoms with van der Waals surface area (Å²) in [6, 6.07) is 9.23. The summed E-state index contributed by atoms with van der Waals surface area (Å²) in [5.41, 5.74) is 0.223. The molecule has 0 saturated carbocycles. The minimum Gasteiger partial charge on any atom is -0.444 e. The number of likely N-dealkylation sites (tertiary alicyclic amines) is 1. The normalized spacial score (nSPS) is 18.6. The van der Waals surface area contributed by atoms with Gasteiger partial charge in [0.1, 0.15) is 5.60 Å². The zero-order valence-corrected chi connectivity index (χ0v) is 13.5. The molecule has 21 heavy (non-hydrogen) atoms. The zero-order valence-electron chi connectivity index (χ0n) is 12.7. The average molecular weight is 307 g/mol. The van der Waals surface area contributed by atoms with Gasteiger partial charge in [-0.2, -0.15) is 0 Å². The van der Waals surface area contributed by atoms with Crippen molar-refractivity contribution in [2.45, 2.75) is 38.0 Å². The molecular formula is C16H21NO3S. The highest BCUT2D eigenvalue weighted by Gasteiger charge is 2.31. The maximum absolute atomic E-state index is 12.1. The molecule has 1 saturated heterocycles. The second kappa shape index (κ2) is 6.52. The van der Waals surface area contributed by atoms with Gasteiger partial charge in [-0.3, -0.25) is 4.79 Å². The Bertz CT molecular complexity index is 510. The zero-order chi connectivity index (χ0) is 15.5. The molecule has 1 atom stereocenters. The molecule has 0 aliphatic carbocycles. The quantitative estimate of drug-likeness (QED) is 0.838. The van der Waals surface area contributed by atoms with E-state index in [0.717, 1.165) is 6.42 Å². The van der Waals surface area contributed by atoms with Crippen molar-refractivity contribution < 1.29 is 14.3 Å². The van der Waals surface area contributed by atoms with E-state index in [1.165, 1.54) is 11.8 Å². The van der Waals surface area contributed by atoms with E-state index < -0.39 is 5.60 Å². The van der Waals surface area contributed by atoms with Crippen LogP contribution in [0, 0.1) is 0 Å². The number of ether oxygens (including phenoxy) is 1. The van der Waals surface area contributed by atoms with Gasteiger partial charge in [0, 0.05) is 23.9 Å². The fourth-order valence-electron chi connectivity index (χ4n) is 2.11. The van der Waals surface area contributed by atoms with Gasteiger partial charge in [0.25, 0.3) is 0 Å². The number of benzene rings is 1. The molecule has 4 nitrogen and oxygen atoms in total. The lowest BCUT2D eigenvalue weighted by Gasteiger charge is -2.24. The molecule has 1 unspecified atom stereocenters. The van der Waals surface area contributed by atoms with Crippen LogP contribution >= 0.6 is 11.8 Å². The van der Waals surface area contributed by atoms with Gasteiger partial charge in [-0.1, -0.05) is 42.1 Å². The number of hydrogen-bond acceptors (Lipinski definition) is 4. The van der Waals surface area contributed by atoms with Crippen molar-refractivity contribution in [2.75, 3.05) is 13.1 Å². The maximum atomic E-state index is 12.1. The van der Waals surface area contributed by atoms with E-state index >= 15 is 0 Å². The molecule has 114 valence electrons. The Hall–Kier alpha value is -1.49. The third-order valence-electron chi connectivity index (χ3n) is 3.08. The molecule has 1 fully saturated rings. The third-order valence-corrected chi connectivity index (χ3v) is 4.25. The first-order chi connectivity index (χ1) is 9.85. The Labute approximate surface area is 129 Å². The largest absolute Gasteiger partial charge is 0.444 e. The number of rotatable bonds is 2. The topological polar surface area (TPSA) is 46.6 Å². The first kappa shape index (κ1) is 15.9. The molecule has 2 rings (SSSR count). The molecule has 1 aliphatic rings. The van der Waals surface area contributed by atoms with Gasteiger partial charge in [0.2, 0.25) is 5.12 Å². The van der Waals surface area contributed by atoms with Gasteiger partial charge in [-0.25, -0.2) is 4.79 Å². The maximum Gasteiger partial charge on any atom is 0.410 e. The molecule has 0 N–H and O–H groups in total. The highest BCUT2D eigenvalue weighted by Crippen LogP contribution is 2.27. The van der Waals surface area contributed by atoms with Gasteiger partial charge < -0.3 is 9.64 Å². The third kappa shape index (κ3) is 4.77. The lowest BCUT2D eigenvalue weighted by molar-refractivity contribution is 0.0295. The van der Waals surface area contributed by atoms with E-state index in [1.807, 2.05) is 51.1 Å². The van der Waals surface area contributed by atoms with Gasteiger partial charge in [-0.15, -0.1) is 0 Å². The number of thioether (sulfide) groups is 1. The monoisotopic (exact) mass is 307 g/mol. The van der Waals surface area contributed by atoms with Crippen molar-refractivity contribution in [3.8, 4) is 0 Å². The van der Waals surface area contributed by atoms with Gasteiger partial charge >= 0.3 is 6.09 Å². The average Bonchev–Trinajstić information content (AvgIpc) is 2.86. The van der Waals surface area contributed by atoms with Crippen molar-refractivity contribution in [1.29, 1.82) is 0 Å². The minimum absolute atomic E-state index is 0.0617. The van der Waals surface area contributed by atoms with E-state index in [0.29, 0.717) is 18.7 Å². The first-order valence-electron chi connectivity index (χ1n) is 7.09. The Morgan fingerprint density at radius 2 is 1.90 bits per heavy atom. The van der Waals surface area contributed by atoms with Crippen LogP contribution in [-0.4, -0.2) is 40.0 Å². The van der Waals surface area contributed by atoms with Crippen LogP contribution in [0.1, 0.15) is 37.6 Å². The van der Waals surface area contributed by atoms with Crippen LogP contribution in [0.4, 0.5) is 4.79 Å². The number of carbonyl (C=O) groups is 2. The molecule has 0 spiro atoms. The molecule has 1 amide bonds. The SMILES string of the molecule is CC(C)(C)OC(=O)N1CCC(SC(=O)c2ccccc2)C1. The Morgan fingerprint density at radius 3 is 2.52 bits per heavy atom. The molecule has 1 aromatic rings. The van der Waals surface area contributed by atoms with Crippen molar-refractivity contribution in [3.63, 3.8) is 0 Å². The van der Waals surface area contributed by atoms with Crippen LogP contribution in [0.3, 0.4) is 0 Å². The number of amides is 1. The Kier molecular flexibility index (Phi) is 4.93. The summed E-state index contributed by atoms with van der Waals surface area (Å²) in [6.45, 7) is 6.78. The van der Waals surface area contributed by atoms with E-state index in [9.17, 15) is 9.59 Å². The predicted octanol–water partition coefficient (Wildman–Crippen LogP) is 3.57. The van der Waals surface area contributed by atoms with Gasteiger partial charge in [0.05, 0.1) is 0 Å². The summed E-state index contributed by atoms with van der Waals surface area (Å²) < 4.78 is 5.35. The van der Waals surface area contributed by atoms with Crippen molar-refractivity contribution >= 4 is 23.0 Å². The summed E-state index contributed by atoms with van der Waals surface area (Å²) >= 11 is 1.31. The van der Waals surface area contributed by atoms with Crippen LogP contribution in [-0.2, 0) is 4.74 Å². The van der Waals surface area contributed by atoms with Crippen LogP contribution in [0.15, 0.2) is 30.3 Å². The standard InChI is InChI=1S/C16H21NO3S/c1-16(2,3)20-15(19)17-10-9-13(11-17)21-14(18)12-7-5-4-6-8-12/h4-8,13H,9-11H2,1-3H3. The first-order valence-corrected chi connectivity index (χ1v) is 7.97. The van der Waals surface area contributed by atoms with Crippen LogP contribution in [0.2, 0.25) is 0 Å². The molecule has 1 aliphatic heterocycles. The van der Waals surface area contributed by atoms with E-state index in [-0.39, 0.29) is 16.5 Å². The molecular weight excluding hydrogens is 286 g/mol. The Morgan fingerprint density at radius 1 is 1.24 bits per heavy atom. The fraction of sp³-hybridized carbons (Fsp3) is 0.500. The summed E-state index contributed by atoms with van der Waals surface area (Å²) in [5.74, 6) is 0. The fourth-order valence-corrected chi connectivity index (χ4v) is 3.16. The summed E-state index contributed by atoms with van der Waals surface area (Å²) in [7, 11) is 0. The van der Waals surface area contributed by atoms with Crippen molar-refractivity contribution in [1.82, 2.24) is 4.90 Å². The van der Waals surface area contributed by atoms with E-state index in [2.05, 4.69) is 0 Å². The number of carbonyl (C=O) groups excluding carboxylic acids is 2. The van der Waals surface area contributed by atoms with E-state index in [4.69, 9.17) is 4.74 Å². The summed E-state index contributed by atoms with van der Waals surface area (Å²) in [5, 5.41) is 0.205. The summed E-state index contributed by atoms with van der Waals surface area (Å²) in [6.07, 6.45) is 0.528. The van der Waals surface area contributed by atoms with Gasteiger partial charge in [0.15, 0.2) is 0 Å². The predicted molar refractivity (Wildman–Crippen MR) is 84.6 cm³/mol. The summed E-state index contributed by atoms with van der Waals surface area (Å²) in [4.78, 5) is 25.8. The smallest absolute Gasteiger partial charge is 0.410 e. The van der Waals surface area contributed by atoms with Gasteiger partial charge in [-0.05, 0) is 27.2 Å². The van der Waals surface area contributed by atoms with E-state index in [1.54, 1.807) is 4.90 Å². The second-order valence-electron chi connectivity index (χ2n) is 6.11. The molecule has 1 aromatic carbocycles. The van der Waals surface area contributed by atoms with Crippen molar-refractivity contribution in [2.24, 2.45) is 0 Å². The second-order valence-corrected chi connectivity index (χ2v) is 7.38. The lowest BCUT2D eigenvalue weighted by Crippen LogP contribution is -2.35. The van der Waals surface area contributed by atoms with Crippen LogP contribution in [0.5, 0.6) is 0 Å². The Balaban J connectivity index is 1.86. The van der Waals surface area contributed by atoms with Crippen LogP contribution in [0.25, 0.3) is 0 Å². The number of hydrogen-bond donors (Lipinski definition) is 0. The molecule has 1 heterocycles. The highest BCUT2D eigenvalue weighted by atomic mass is 32.2. The molecule has 5 heteroatoms. The lowest BCUT2D eigenvalue weighted by atomic mass is 10.2. The van der Waals surface area contributed by atoms with Crippen molar-refractivity contribution in [3.05, 3.63) is 35.9 Å². The minimum atomic E-state index is -0.484. The van der Waals surface area contributed by atoms with Crippen LogP contribution < -0.4 is 0 Å². The molecule has 0 aromatic heterocycles.